The molecule has 0 heterocycles. The number of ether oxygens (including phenoxy) is 1. The molecule has 84 valence electrons. The van der Waals surface area contributed by atoms with E-state index in [1.807, 2.05) is 0 Å². The molecule has 4 nitrogen and oxygen atoms in total. The second kappa shape index (κ2) is 5.46. The lowest BCUT2D eigenvalue weighted by Crippen LogP contribution is -2.20. The van der Waals surface area contributed by atoms with Crippen LogP contribution in [-0.2, 0) is 4.79 Å². The molecule has 0 unspecified atom stereocenters. The average Bonchev–Trinajstić information content (AvgIpc) is 2.27. The highest BCUT2D eigenvalue weighted by Gasteiger charge is 2.09. The Balaban J connectivity index is 2.92. The van der Waals surface area contributed by atoms with Crippen LogP contribution in [0.15, 0.2) is 34.8 Å². The number of halogens is 1. The van der Waals surface area contributed by atoms with Crippen molar-refractivity contribution < 1.29 is 19.4 Å². The molecule has 0 bridgehead atoms. The van der Waals surface area contributed by atoms with Crippen LogP contribution in [0.3, 0.4) is 0 Å². The number of methoxy groups -OCH3 is 1. The molecule has 0 fully saturated rings. The highest BCUT2D eigenvalue weighted by Crippen LogP contribution is 2.17. The topological polar surface area (TPSA) is 66.4 Å². The minimum atomic E-state index is -1.42. The smallest absolute Gasteiger partial charge is 0.200 e. The van der Waals surface area contributed by atoms with Gasteiger partial charge >= 0.3 is 0 Å². The number of carboxylic acid groups (broad SMARTS) is 1. The van der Waals surface area contributed by atoms with E-state index in [-0.39, 0.29) is 4.48 Å². The van der Waals surface area contributed by atoms with Crippen molar-refractivity contribution in [2.24, 2.45) is 0 Å². The van der Waals surface area contributed by atoms with E-state index in [4.69, 9.17) is 4.74 Å². The van der Waals surface area contributed by atoms with Crippen molar-refractivity contribution in [3.63, 3.8) is 0 Å². The van der Waals surface area contributed by atoms with E-state index in [1.165, 1.54) is 7.11 Å². The third kappa shape index (κ3) is 3.20. The molecule has 0 aliphatic heterocycles. The summed E-state index contributed by atoms with van der Waals surface area (Å²) in [5, 5.41) is 10.3. The molecule has 1 rings (SSSR count). The van der Waals surface area contributed by atoms with Crippen LogP contribution < -0.4 is 9.84 Å². The van der Waals surface area contributed by atoms with Crippen LogP contribution in [0.4, 0.5) is 0 Å². The molecule has 0 aliphatic carbocycles. The van der Waals surface area contributed by atoms with Gasteiger partial charge in [0.05, 0.1) is 17.6 Å². The van der Waals surface area contributed by atoms with Gasteiger partial charge in [-0.05, 0) is 46.3 Å². The summed E-state index contributed by atoms with van der Waals surface area (Å²) in [5.41, 5.74) is 0.366. The second-order valence-corrected chi connectivity index (χ2v) is 3.72. The third-order valence-electron chi connectivity index (χ3n) is 1.81. The van der Waals surface area contributed by atoms with Crippen LogP contribution in [0.1, 0.15) is 10.4 Å². The monoisotopic (exact) mass is 283 g/mol. The predicted molar refractivity (Wildman–Crippen MR) is 59.3 cm³/mol. The Labute approximate surface area is 101 Å². The van der Waals surface area contributed by atoms with E-state index in [9.17, 15) is 14.7 Å². The maximum atomic E-state index is 11.6. The number of Topliss-reactive ketones (excluding diaryl/α,β-unsaturated/α-hetero) is 1. The van der Waals surface area contributed by atoms with Crippen molar-refractivity contribution in [1.29, 1.82) is 0 Å². The Bertz CT molecular complexity index is 434. The minimum Gasteiger partial charge on any atom is -0.545 e. The molecule has 1 aromatic rings. The van der Waals surface area contributed by atoms with Gasteiger partial charge in [-0.2, -0.15) is 0 Å². The Kier molecular flexibility index (Phi) is 4.25. The van der Waals surface area contributed by atoms with Crippen LogP contribution >= 0.6 is 15.9 Å². The molecule has 0 N–H and O–H groups in total. The molecule has 0 spiro atoms. The summed E-state index contributed by atoms with van der Waals surface area (Å²) < 4.78 is 4.87. The maximum Gasteiger partial charge on any atom is 0.200 e. The lowest BCUT2D eigenvalue weighted by molar-refractivity contribution is -0.297. The zero-order chi connectivity index (χ0) is 12.1. The first kappa shape index (κ1) is 12.4. The third-order valence-corrected chi connectivity index (χ3v) is 2.40. The average molecular weight is 284 g/mol. The Morgan fingerprint density at radius 3 is 2.31 bits per heavy atom. The highest BCUT2D eigenvalue weighted by molar-refractivity contribution is 9.12. The van der Waals surface area contributed by atoms with Crippen LogP contribution in [0.5, 0.6) is 5.75 Å². The van der Waals surface area contributed by atoms with Gasteiger partial charge < -0.3 is 14.6 Å². The minimum absolute atomic E-state index is 0.0577. The number of rotatable bonds is 4. The number of ketones is 1. The number of carbonyl (C=O) groups is 2. The predicted octanol–water partition coefficient (Wildman–Crippen LogP) is 0.907. The summed E-state index contributed by atoms with van der Waals surface area (Å²) in [6, 6.07) is 6.33. The zero-order valence-electron chi connectivity index (χ0n) is 8.40. The van der Waals surface area contributed by atoms with Crippen molar-refractivity contribution in [2.45, 2.75) is 0 Å². The molecule has 0 aliphatic rings. The van der Waals surface area contributed by atoms with Crippen LogP contribution in [-0.4, -0.2) is 18.9 Å². The van der Waals surface area contributed by atoms with Crippen molar-refractivity contribution in [2.75, 3.05) is 7.11 Å². The highest BCUT2D eigenvalue weighted by atomic mass is 79.9. The van der Waals surface area contributed by atoms with Gasteiger partial charge in [0.25, 0.3) is 0 Å². The fourth-order valence-electron chi connectivity index (χ4n) is 1.05. The lowest BCUT2D eigenvalue weighted by atomic mass is 10.1. The lowest BCUT2D eigenvalue weighted by Gasteiger charge is -2.02. The van der Waals surface area contributed by atoms with Gasteiger partial charge in [0.2, 0.25) is 0 Å². The van der Waals surface area contributed by atoms with Crippen molar-refractivity contribution in [1.82, 2.24) is 0 Å². The van der Waals surface area contributed by atoms with E-state index in [0.717, 1.165) is 0 Å². The Morgan fingerprint density at radius 2 is 1.88 bits per heavy atom. The molecular weight excluding hydrogens is 276 g/mol. The Hall–Kier alpha value is -1.62. The van der Waals surface area contributed by atoms with Gasteiger partial charge in [0.15, 0.2) is 5.78 Å². The number of allylic oxidation sites excluding steroid dienone is 1. The van der Waals surface area contributed by atoms with Gasteiger partial charge in [-0.15, -0.1) is 0 Å². The van der Waals surface area contributed by atoms with Gasteiger partial charge in [-0.25, -0.2) is 0 Å². The van der Waals surface area contributed by atoms with E-state index in [0.29, 0.717) is 17.4 Å². The summed E-state index contributed by atoms with van der Waals surface area (Å²) >= 11 is 2.88. The number of hydrogen-bond acceptors (Lipinski definition) is 4. The van der Waals surface area contributed by atoms with Gasteiger partial charge in [-0.3, -0.25) is 4.79 Å². The molecule has 0 saturated heterocycles. The van der Waals surface area contributed by atoms with Crippen molar-refractivity contribution >= 4 is 27.7 Å². The van der Waals surface area contributed by atoms with Crippen LogP contribution in [0.2, 0.25) is 0 Å². The molecule has 0 radical (unpaired) electrons. The van der Waals surface area contributed by atoms with E-state index >= 15 is 0 Å². The zero-order valence-corrected chi connectivity index (χ0v) is 9.98. The second-order valence-electron chi connectivity index (χ2n) is 2.87. The first-order valence-electron chi connectivity index (χ1n) is 4.31. The summed E-state index contributed by atoms with van der Waals surface area (Å²) in [6.07, 6.45) is 0.701. The van der Waals surface area contributed by atoms with Crippen LogP contribution in [0.25, 0.3) is 0 Å². The fourth-order valence-corrected chi connectivity index (χ4v) is 1.47. The van der Waals surface area contributed by atoms with Crippen molar-refractivity contribution in [3.8, 4) is 5.75 Å². The van der Waals surface area contributed by atoms with Gasteiger partial charge in [-0.1, -0.05) is 0 Å². The molecule has 0 saturated carbocycles. The van der Waals surface area contributed by atoms with Crippen molar-refractivity contribution in [3.05, 3.63) is 40.4 Å². The normalized spacial score (nSPS) is 11.0. The molecule has 0 atom stereocenters. The molecule has 5 heteroatoms. The maximum absolute atomic E-state index is 11.6. The number of benzene rings is 1. The SMILES string of the molecule is COc1ccc(C(=O)/C(Br)=C/C(=O)[O-])cc1. The van der Waals surface area contributed by atoms with E-state index in [1.54, 1.807) is 24.3 Å². The quantitative estimate of drug-likeness (QED) is 0.608. The summed E-state index contributed by atoms with van der Waals surface area (Å²) in [7, 11) is 1.52. The largest absolute Gasteiger partial charge is 0.545 e. The number of carboxylic acids is 1. The fraction of sp³-hybridized carbons (Fsp3) is 0.0909. The summed E-state index contributed by atoms with van der Waals surface area (Å²) in [4.78, 5) is 21.9. The molecule has 1 aromatic carbocycles. The molecular formula is C11H8BrO4-. The first-order valence-corrected chi connectivity index (χ1v) is 5.11. The van der Waals surface area contributed by atoms with Gasteiger partial charge in [0, 0.05) is 5.56 Å². The molecule has 0 amide bonds. The number of carbonyl (C=O) groups excluding carboxylic acids is 2. The van der Waals surface area contributed by atoms with E-state index < -0.39 is 11.8 Å². The molecule has 16 heavy (non-hydrogen) atoms. The van der Waals surface area contributed by atoms with E-state index in [2.05, 4.69) is 15.9 Å². The number of aliphatic carboxylic acids is 1. The molecule has 0 aromatic heterocycles. The summed E-state index contributed by atoms with van der Waals surface area (Å²) in [6.45, 7) is 0. The van der Waals surface area contributed by atoms with Crippen LogP contribution in [0, 0.1) is 0 Å². The summed E-state index contributed by atoms with van der Waals surface area (Å²) in [5.74, 6) is -1.22. The van der Waals surface area contributed by atoms with Gasteiger partial charge in [0.1, 0.15) is 5.75 Å². The number of hydrogen-bond donors (Lipinski definition) is 0. The Morgan fingerprint density at radius 1 is 1.31 bits per heavy atom. The first-order chi connectivity index (χ1) is 7.54. The standard InChI is InChI=1S/C11H9BrO4/c1-16-8-4-2-7(3-5-8)11(15)9(12)6-10(13)14/h2-6H,1H3,(H,13,14)/p-1/b9-6-.